The Kier molecular flexibility index (Phi) is 8.65. The van der Waals surface area contributed by atoms with Gasteiger partial charge in [-0.3, -0.25) is 23.6 Å². The van der Waals surface area contributed by atoms with Crippen molar-refractivity contribution in [1.82, 2.24) is 29.0 Å². The number of nitrogens with two attached hydrogens (primary N) is 1. The molecule has 274 valence electrons. The highest BCUT2D eigenvalue weighted by molar-refractivity contribution is 6.36. The van der Waals surface area contributed by atoms with Gasteiger partial charge in [0, 0.05) is 55.0 Å². The number of aromatic nitrogens is 5. The fraction of sp³-hybridized carbons (Fsp3) is 0.400. The topological polar surface area (TPSA) is 150 Å². The van der Waals surface area contributed by atoms with E-state index in [1.54, 1.807) is 14.2 Å². The Hall–Kier alpha value is -5.07. The first-order valence-corrected chi connectivity index (χ1v) is 18.5. The molecular formula is C40H43ClN8O4. The second-order valence-corrected chi connectivity index (χ2v) is 15.5. The largest absolute Gasteiger partial charge is 0.481 e. The molecule has 0 atom stereocenters. The zero-order valence-corrected chi connectivity index (χ0v) is 31.2. The third-order valence-corrected chi connectivity index (χ3v) is 12.7. The minimum atomic E-state index is -0.481. The number of methoxy groups -OCH3 is 1. The summed E-state index contributed by atoms with van der Waals surface area (Å²) >= 11 is 7.27. The number of hydrogen-bond donors (Lipinski definition) is 2. The van der Waals surface area contributed by atoms with Gasteiger partial charge in [-0.05, 0) is 92.7 Å². The number of amides is 1. The van der Waals surface area contributed by atoms with Gasteiger partial charge in [0.05, 0.1) is 17.8 Å². The number of carbonyl (C=O) groups is 1. The average Bonchev–Trinajstić information content (AvgIpc) is 3.74. The maximum atomic E-state index is 13.2. The minimum absolute atomic E-state index is 0.114. The van der Waals surface area contributed by atoms with E-state index in [1.807, 2.05) is 43.3 Å². The van der Waals surface area contributed by atoms with E-state index in [1.165, 1.54) is 23.5 Å². The third kappa shape index (κ3) is 5.79. The molecular weight excluding hydrogens is 692 g/mol. The van der Waals surface area contributed by atoms with Crippen molar-refractivity contribution < 1.29 is 9.53 Å². The van der Waals surface area contributed by atoms with Gasteiger partial charge in [-0.15, -0.1) is 0 Å². The van der Waals surface area contributed by atoms with E-state index in [4.69, 9.17) is 27.1 Å². The molecule has 0 saturated heterocycles. The number of ether oxygens (including phenoxy) is 1. The second-order valence-electron chi connectivity index (χ2n) is 15.1. The number of pyridine rings is 1. The molecule has 1 amide bonds. The predicted molar refractivity (Wildman–Crippen MR) is 205 cm³/mol. The summed E-state index contributed by atoms with van der Waals surface area (Å²) in [5.74, 6) is 0.811. The van der Waals surface area contributed by atoms with E-state index in [-0.39, 0.29) is 27.8 Å². The van der Waals surface area contributed by atoms with Crippen LogP contribution >= 0.6 is 11.6 Å². The van der Waals surface area contributed by atoms with Crippen molar-refractivity contribution in [3.05, 3.63) is 91.3 Å². The summed E-state index contributed by atoms with van der Waals surface area (Å²) in [4.78, 5) is 54.0. The Morgan fingerprint density at radius 2 is 1.75 bits per heavy atom. The van der Waals surface area contributed by atoms with Gasteiger partial charge in [0.15, 0.2) is 5.65 Å². The monoisotopic (exact) mass is 734 g/mol. The molecule has 2 fully saturated rings. The summed E-state index contributed by atoms with van der Waals surface area (Å²) in [6, 6.07) is 13.9. The molecule has 0 unspecified atom stereocenters. The Labute approximate surface area is 312 Å². The molecule has 5 aromatic rings. The number of nitrogens with one attached hydrogen (secondary N) is 1. The number of carbonyl (C=O) groups excluding carboxylic acids is 1. The molecule has 2 aromatic carbocycles. The zero-order valence-electron chi connectivity index (χ0n) is 30.5. The molecule has 0 radical (unpaired) electrons. The second kappa shape index (κ2) is 13.1. The van der Waals surface area contributed by atoms with Gasteiger partial charge in [0.2, 0.25) is 11.8 Å². The van der Waals surface area contributed by atoms with Gasteiger partial charge in [-0.2, -0.15) is 0 Å². The highest BCUT2D eigenvalue weighted by atomic mass is 35.5. The van der Waals surface area contributed by atoms with Crippen LogP contribution in [0.25, 0.3) is 33.4 Å². The highest BCUT2D eigenvalue weighted by Gasteiger charge is 2.56. The molecule has 0 spiro atoms. The van der Waals surface area contributed by atoms with Crippen LogP contribution in [0.15, 0.2) is 58.4 Å². The first-order chi connectivity index (χ1) is 25.4. The quantitative estimate of drug-likeness (QED) is 0.196. The van der Waals surface area contributed by atoms with E-state index in [0.29, 0.717) is 16.7 Å². The fourth-order valence-corrected chi connectivity index (χ4v) is 9.44. The zero-order chi connectivity index (χ0) is 37.2. The van der Waals surface area contributed by atoms with Crippen molar-refractivity contribution in [2.24, 2.45) is 30.7 Å². The van der Waals surface area contributed by atoms with Crippen LogP contribution in [-0.4, -0.2) is 55.1 Å². The van der Waals surface area contributed by atoms with Crippen molar-refractivity contribution in [3.8, 4) is 28.3 Å². The molecule has 53 heavy (non-hydrogen) atoms. The minimum Gasteiger partial charge on any atom is -0.481 e. The average molecular weight is 735 g/mol. The van der Waals surface area contributed by atoms with E-state index < -0.39 is 11.2 Å². The fourth-order valence-electron chi connectivity index (χ4n) is 9.11. The van der Waals surface area contributed by atoms with Gasteiger partial charge in [-0.1, -0.05) is 41.9 Å². The number of halogens is 1. The van der Waals surface area contributed by atoms with Gasteiger partial charge in [-0.25, -0.2) is 19.7 Å². The van der Waals surface area contributed by atoms with Crippen LogP contribution in [0.2, 0.25) is 5.02 Å². The van der Waals surface area contributed by atoms with Crippen molar-refractivity contribution in [2.45, 2.75) is 58.4 Å². The summed E-state index contributed by atoms with van der Waals surface area (Å²) in [7, 11) is 4.68. The third-order valence-electron chi connectivity index (χ3n) is 12.3. The lowest BCUT2D eigenvalue weighted by Gasteiger charge is -2.33. The predicted octanol–water partition coefficient (Wildman–Crippen LogP) is 5.65. The van der Waals surface area contributed by atoms with Gasteiger partial charge < -0.3 is 15.8 Å². The highest BCUT2D eigenvalue weighted by Crippen LogP contribution is 2.63. The molecule has 12 nitrogen and oxygen atoms in total. The Bertz CT molecular complexity index is 2430. The van der Waals surface area contributed by atoms with Crippen molar-refractivity contribution in [3.63, 3.8) is 0 Å². The lowest BCUT2D eigenvalue weighted by molar-refractivity contribution is -0.127. The van der Waals surface area contributed by atoms with E-state index in [2.05, 4.69) is 26.3 Å². The summed E-state index contributed by atoms with van der Waals surface area (Å²) in [6.07, 6.45) is 8.25. The number of rotatable bonds is 9. The van der Waals surface area contributed by atoms with E-state index in [0.717, 1.165) is 108 Å². The molecule has 2 aliphatic carbocycles. The van der Waals surface area contributed by atoms with Gasteiger partial charge in [0.25, 0.3) is 5.56 Å². The lowest BCUT2D eigenvalue weighted by atomic mass is 9.80. The molecule has 8 rings (SSSR count). The summed E-state index contributed by atoms with van der Waals surface area (Å²) in [5.41, 5.74) is 12.3. The van der Waals surface area contributed by atoms with Crippen LogP contribution in [-0.2, 0) is 31.9 Å². The molecule has 3 aliphatic rings. The van der Waals surface area contributed by atoms with Crippen LogP contribution in [0, 0.1) is 17.8 Å². The lowest BCUT2D eigenvalue weighted by Crippen LogP contribution is -2.37. The van der Waals surface area contributed by atoms with E-state index in [9.17, 15) is 14.4 Å². The molecule has 4 heterocycles. The summed E-state index contributed by atoms with van der Waals surface area (Å²) < 4.78 is 8.24. The molecule has 3 aromatic heterocycles. The smallest absolute Gasteiger partial charge is 0.332 e. The van der Waals surface area contributed by atoms with Crippen molar-refractivity contribution >= 4 is 40.0 Å². The number of anilines is 2. The number of hydrogen-bond acceptors (Lipinski definition) is 9. The molecule has 2 bridgehead atoms. The number of aryl methyl sites for hydroxylation is 1. The Morgan fingerprint density at radius 1 is 1.02 bits per heavy atom. The molecule has 13 heteroatoms. The van der Waals surface area contributed by atoms with Crippen molar-refractivity contribution in [2.75, 3.05) is 25.5 Å². The van der Waals surface area contributed by atoms with Crippen molar-refractivity contribution in [1.29, 1.82) is 0 Å². The maximum absolute atomic E-state index is 13.2. The van der Waals surface area contributed by atoms with E-state index >= 15 is 0 Å². The molecule has 2 saturated carbocycles. The van der Waals surface area contributed by atoms with Gasteiger partial charge in [0.1, 0.15) is 17.5 Å². The number of fused-ring (bicyclic) bond motifs is 4. The number of primary amides is 1. The van der Waals surface area contributed by atoms with Crippen LogP contribution in [0.3, 0.4) is 0 Å². The molecule has 1 aliphatic heterocycles. The SMILES string of the molecule is COc1nc(-c2cccc(-c3cccc(Nc4ncnc5c4c(=O)n(C)c(=O)n5C)c3C)c2Cl)cc2c1CCN(CCC13CCC(C(N)=O)(CC1)C3)C2. The van der Waals surface area contributed by atoms with Crippen LogP contribution in [0.5, 0.6) is 5.88 Å². The number of benzene rings is 2. The molecule has 3 N–H and O–H groups in total. The van der Waals surface area contributed by atoms with Crippen LogP contribution in [0.1, 0.15) is 55.2 Å². The van der Waals surface area contributed by atoms with Crippen LogP contribution < -0.4 is 27.0 Å². The normalized spacial score (nSPS) is 20.8. The first kappa shape index (κ1) is 35.0. The Morgan fingerprint density at radius 3 is 2.49 bits per heavy atom. The summed E-state index contributed by atoms with van der Waals surface area (Å²) in [6.45, 7) is 4.68. The summed E-state index contributed by atoms with van der Waals surface area (Å²) in [5, 5.41) is 4.10. The maximum Gasteiger partial charge on any atom is 0.332 e. The standard InChI is InChI=1S/C40H43ClN8O4/c1-23-25(7-6-10-29(23)45-33-31-34(44-22-43-33)47(2)38(52)48(3)36(31)50)27-8-5-9-28(32(27)41)30-19-24-20-49(17-11-26(24)35(46-30)53-4)18-16-39-12-14-40(21-39,15-13-39)37(42)51/h5-10,19,22H,11-18,20-21H2,1-4H3,(H2,42,51)(H,43,44,45). The number of nitrogens with zero attached hydrogens (tertiary/aromatic N) is 6. The van der Waals surface area contributed by atoms with Gasteiger partial charge >= 0.3 is 5.69 Å². The first-order valence-electron chi connectivity index (χ1n) is 18.1. The van der Waals surface area contributed by atoms with Crippen LogP contribution in [0.4, 0.5) is 11.5 Å². The Balaban J connectivity index is 1.08.